The summed E-state index contributed by atoms with van der Waals surface area (Å²) in [5, 5.41) is 10.0. The van der Waals surface area contributed by atoms with Crippen molar-refractivity contribution in [3.8, 4) is 0 Å². The Balaban J connectivity index is 1.47. The number of aromatic nitrogens is 3. The smallest absolute Gasteiger partial charge is 0.234 e. The molecule has 1 atom stereocenters. The normalized spacial score (nSPS) is 19.0. The molecule has 0 aliphatic carbocycles. The number of hydrogen-bond donors (Lipinski definition) is 2. The molecule has 2 aromatic heterocycles. The zero-order valence-electron chi connectivity index (χ0n) is 12.5. The first-order valence-corrected chi connectivity index (χ1v) is 7.68. The molecule has 1 saturated heterocycles. The molecule has 116 valence electrons. The van der Waals surface area contributed by atoms with Crippen LogP contribution in [0.3, 0.4) is 0 Å². The highest BCUT2D eigenvalue weighted by Crippen LogP contribution is 2.24. The number of likely N-dealkylation sites (tertiary alicyclic amines) is 1. The van der Waals surface area contributed by atoms with Gasteiger partial charge >= 0.3 is 0 Å². The minimum Gasteiger partial charge on any atom is -0.351 e. The second-order valence-corrected chi connectivity index (χ2v) is 5.72. The van der Waals surface area contributed by atoms with Gasteiger partial charge in [0, 0.05) is 43.3 Å². The molecule has 0 saturated carbocycles. The fourth-order valence-corrected chi connectivity index (χ4v) is 2.91. The third-order valence-electron chi connectivity index (χ3n) is 4.05. The third kappa shape index (κ3) is 3.92. The minimum atomic E-state index is 0.0640. The molecule has 1 aliphatic heterocycles. The monoisotopic (exact) mass is 299 g/mol. The maximum atomic E-state index is 12.1. The van der Waals surface area contributed by atoms with Gasteiger partial charge in [-0.25, -0.2) is 0 Å². The van der Waals surface area contributed by atoms with Crippen molar-refractivity contribution < 1.29 is 4.79 Å². The van der Waals surface area contributed by atoms with Crippen LogP contribution in [-0.4, -0.2) is 45.6 Å². The Labute approximate surface area is 129 Å². The van der Waals surface area contributed by atoms with Crippen LogP contribution in [0, 0.1) is 0 Å². The minimum absolute atomic E-state index is 0.0640. The van der Waals surface area contributed by atoms with Gasteiger partial charge in [0.15, 0.2) is 0 Å². The third-order valence-corrected chi connectivity index (χ3v) is 4.05. The number of rotatable bonds is 5. The van der Waals surface area contributed by atoms with Crippen LogP contribution in [0.2, 0.25) is 0 Å². The number of amides is 1. The Morgan fingerprint density at radius 2 is 2.36 bits per heavy atom. The van der Waals surface area contributed by atoms with Crippen LogP contribution in [0.25, 0.3) is 0 Å². The van der Waals surface area contributed by atoms with Crippen LogP contribution in [0.5, 0.6) is 0 Å². The van der Waals surface area contributed by atoms with E-state index in [4.69, 9.17) is 0 Å². The molecule has 2 N–H and O–H groups in total. The summed E-state index contributed by atoms with van der Waals surface area (Å²) in [7, 11) is 0. The summed E-state index contributed by atoms with van der Waals surface area (Å²) < 4.78 is 0. The molecule has 2 aromatic rings. The Kier molecular flexibility index (Phi) is 4.80. The Morgan fingerprint density at radius 1 is 1.41 bits per heavy atom. The van der Waals surface area contributed by atoms with Crippen LogP contribution < -0.4 is 5.32 Å². The van der Waals surface area contributed by atoms with Crippen molar-refractivity contribution in [3.63, 3.8) is 0 Å². The highest BCUT2D eigenvalue weighted by atomic mass is 16.2. The lowest BCUT2D eigenvalue weighted by Crippen LogP contribution is -2.41. The van der Waals surface area contributed by atoms with E-state index in [-0.39, 0.29) is 5.91 Å². The molecule has 6 nitrogen and oxygen atoms in total. The highest BCUT2D eigenvalue weighted by Gasteiger charge is 2.23. The number of piperidine rings is 1. The molecule has 0 radical (unpaired) electrons. The van der Waals surface area contributed by atoms with Crippen molar-refractivity contribution in [2.75, 3.05) is 19.6 Å². The molecule has 22 heavy (non-hydrogen) atoms. The van der Waals surface area contributed by atoms with E-state index in [1.165, 1.54) is 5.69 Å². The lowest BCUT2D eigenvalue weighted by Gasteiger charge is -2.31. The van der Waals surface area contributed by atoms with Gasteiger partial charge in [0.2, 0.25) is 5.91 Å². The number of H-pyrrole nitrogens is 1. The molecule has 1 fully saturated rings. The van der Waals surface area contributed by atoms with Gasteiger partial charge in [-0.15, -0.1) is 0 Å². The van der Waals surface area contributed by atoms with Gasteiger partial charge in [-0.1, -0.05) is 6.07 Å². The number of nitrogens with zero attached hydrogens (tertiary/aromatic N) is 3. The number of hydrogen-bond acceptors (Lipinski definition) is 4. The van der Waals surface area contributed by atoms with Crippen molar-refractivity contribution in [1.82, 2.24) is 25.4 Å². The van der Waals surface area contributed by atoms with Gasteiger partial charge in [-0.05, 0) is 37.1 Å². The van der Waals surface area contributed by atoms with E-state index < -0.39 is 0 Å². The molecular formula is C16H21N5O. The molecule has 0 aromatic carbocycles. The summed E-state index contributed by atoms with van der Waals surface area (Å²) in [6.45, 7) is 2.86. The SMILES string of the molecule is O=C(CN1CCCC(c2ccn[nH]2)C1)NCc1cccnc1. The molecule has 6 heteroatoms. The molecule has 3 heterocycles. The van der Waals surface area contributed by atoms with Crippen molar-refractivity contribution in [2.24, 2.45) is 0 Å². The molecule has 1 amide bonds. The number of pyridine rings is 1. The van der Waals surface area contributed by atoms with E-state index in [1.54, 1.807) is 18.6 Å². The van der Waals surface area contributed by atoms with Gasteiger partial charge in [-0.3, -0.25) is 19.8 Å². The van der Waals surface area contributed by atoms with E-state index in [0.29, 0.717) is 19.0 Å². The second kappa shape index (κ2) is 7.17. The maximum Gasteiger partial charge on any atom is 0.234 e. The first kappa shape index (κ1) is 14.7. The Bertz CT molecular complexity index is 584. The lowest BCUT2D eigenvalue weighted by atomic mass is 9.95. The number of aromatic amines is 1. The van der Waals surface area contributed by atoms with E-state index >= 15 is 0 Å². The fourth-order valence-electron chi connectivity index (χ4n) is 2.91. The van der Waals surface area contributed by atoms with Crippen LogP contribution in [0.4, 0.5) is 0 Å². The van der Waals surface area contributed by atoms with E-state index in [2.05, 4.69) is 25.4 Å². The van der Waals surface area contributed by atoms with Crippen molar-refractivity contribution in [2.45, 2.75) is 25.3 Å². The van der Waals surface area contributed by atoms with Crippen LogP contribution in [0.1, 0.15) is 30.0 Å². The molecule has 1 aliphatic rings. The second-order valence-electron chi connectivity index (χ2n) is 5.72. The van der Waals surface area contributed by atoms with Crippen LogP contribution in [-0.2, 0) is 11.3 Å². The largest absolute Gasteiger partial charge is 0.351 e. The summed E-state index contributed by atoms with van der Waals surface area (Å²) in [4.78, 5) is 18.3. The number of carbonyl (C=O) groups excluding carboxylic acids is 1. The van der Waals surface area contributed by atoms with Crippen LogP contribution in [0.15, 0.2) is 36.8 Å². The summed E-state index contributed by atoms with van der Waals surface area (Å²) in [6.07, 6.45) is 7.55. The lowest BCUT2D eigenvalue weighted by molar-refractivity contribution is -0.122. The topological polar surface area (TPSA) is 73.9 Å². The average Bonchev–Trinajstić information content (AvgIpc) is 3.09. The van der Waals surface area contributed by atoms with Gasteiger partial charge in [0.05, 0.1) is 6.54 Å². The predicted molar refractivity (Wildman–Crippen MR) is 83.1 cm³/mol. The van der Waals surface area contributed by atoms with Crippen molar-refractivity contribution >= 4 is 5.91 Å². The summed E-state index contributed by atoms with van der Waals surface area (Å²) in [5.74, 6) is 0.511. The van der Waals surface area contributed by atoms with Gasteiger partial charge in [0.25, 0.3) is 0 Å². The standard InChI is InChI=1S/C16H21N5O/c22-16(18-10-13-3-1-6-17-9-13)12-21-8-2-4-14(11-21)15-5-7-19-20-15/h1,3,5-7,9,14H,2,4,8,10-12H2,(H,18,22)(H,19,20). The van der Waals surface area contributed by atoms with Crippen LogP contribution >= 0.6 is 0 Å². The first-order valence-electron chi connectivity index (χ1n) is 7.68. The molecule has 1 unspecified atom stereocenters. The van der Waals surface area contributed by atoms with Gasteiger partial charge in [-0.2, -0.15) is 5.10 Å². The van der Waals surface area contributed by atoms with E-state index in [1.807, 2.05) is 18.2 Å². The molecule has 3 rings (SSSR count). The number of carbonyl (C=O) groups is 1. The summed E-state index contributed by atoms with van der Waals surface area (Å²) >= 11 is 0. The van der Waals surface area contributed by atoms with Crippen molar-refractivity contribution in [3.05, 3.63) is 48.0 Å². The van der Waals surface area contributed by atoms with Gasteiger partial charge < -0.3 is 5.32 Å². The predicted octanol–water partition coefficient (Wildman–Crippen LogP) is 1.30. The Morgan fingerprint density at radius 3 is 3.14 bits per heavy atom. The Hall–Kier alpha value is -2.21. The number of nitrogens with one attached hydrogen (secondary N) is 2. The zero-order valence-corrected chi connectivity index (χ0v) is 12.5. The molecular weight excluding hydrogens is 278 g/mol. The fraction of sp³-hybridized carbons (Fsp3) is 0.438. The maximum absolute atomic E-state index is 12.1. The van der Waals surface area contributed by atoms with E-state index in [0.717, 1.165) is 31.5 Å². The zero-order chi connectivity index (χ0) is 15.2. The summed E-state index contributed by atoms with van der Waals surface area (Å²) in [6, 6.07) is 5.86. The summed E-state index contributed by atoms with van der Waals surface area (Å²) in [5.41, 5.74) is 2.19. The first-order chi connectivity index (χ1) is 10.8. The quantitative estimate of drug-likeness (QED) is 0.873. The molecule has 0 spiro atoms. The highest BCUT2D eigenvalue weighted by molar-refractivity contribution is 5.78. The van der Waals surface area contributed by atoms with Gasteiger partial charge in [0.1, 0.15) is 0 Å². The molecule has 0 bridgehead atoms. The van der Waals surface area contributed by atoms with E-state index in [9.17, 15) is 4.79 Å². The average molecular weight is 299 g/mol. The van der Waals surface area contributed by atoms with Crippen molar-refractivity contribution in [1.29, 1.82) is 0 Å².